The van der Waals surface area contributed by atoms with Gasteiger partial charge in [0.1, 0.15) is 5.75 Å². The number of amides is 1. The van der Waals surface area contributed by atoms with Gasteiger partial charge in [-0.2, -0.15) is 0 Å². The number of benzene rings is 2. The van der Waals surface area contributed by atoms with Gasteiger partial charge in [0.25, 0.3) is 0 Å². The van der Waals surface area contributed by atoms with Crippen LogP contribution in [-0.4, -0.2) is 24.5 Å². The number of likely N-dealkylation sites (tertiary alicyclic amines) is 1. The molecule has 0 spiro atoms. The quantitative estimate of drug-likeness (QED) is 0.787. The lowest BCUT2D eigenvalue weighted by atomic mass is 10.0. The monoisotopic (exact) mass is 355 g/mol. The maximum Gasteiger partial charge on any atom is 0.226 e. The summed E-state index contributed by atoms with van der Waals surface area (Å²) in [6.45, 7) is 0.848. The van der Waals surface area contributed by atoms with Gasteiger partial charge in [-0.1, -0.05) is 41.9 Å². The van der Waals surface area contributed by atoms with Gasteiger partial charge in [0.2, 0.25) is 5.91 Å². The predicted octanol–water partition coefficient (Wildman–Crippen LogP) is 4.82. The van der Waals surface area contributed by atoms with Crippen LogP contribution >= 0.6 is 11.6 Å². The Morgan fingerprint density at radius 1 is 1.16 bits per heavy atom. The molecule has 25 heavy (non-hydrogen) atoms. The van der Waals surface area contributed by atoms with Crippen molar-refractivity contribution in [2.75, 3.05) is 13.7 Å². The largest absolute Gasteiger partial charge is 0.497 e. The average molecular weight is 356 g/mol. The highest BCUT2D eigenvalue weighted by Gasteiger charge is 2.48. The van der Waals surface area contributed by atoms with E-state index >= 15 is 0 Å². The van der Waals surface area contributed by atoms with Crippen molar-refractivity contribution in [3.63, 3.8) is 0 Å². The first-order valence-corrected chi connectivity index (χ1v) is 9.25. The standard InChI is InChI=1S/C21H22ClNO2/c1-25-15-10-8-14(9-11-15)20-7-4-12-23(20)21(24)18-13-17(18)16-5-2-3-6-19(16)22/h2-3,5-6,8-11,17-18,20H,4,7,12-13H2,1H3. The van der Waals surface area contributed by atoms with Gasteiger partial charge in [-0.05, 0) is 54.5 Å². The van der Waals surface area contributed by atoms with Crippen molar-refractivity contribution in [2.45, 2.75) is 31.2 Å². The molecule has 1 saturated carbocycles. The fourth-order valence-electron chi connectivity index (χ4n) is 4.00. The van der Waals surface area contributed by atoms with Gasteiger partial charge in [0.05, 0.1) is 13.2 Å². The van der Waals surface area contributed by atoms with Gasteiger partial charge in [-0.3, -0.25) is 4.79 Å². The third-order valence-corrected chi connectivity index (χ3v) is 5.79. The molecule has 3 atom stereocenters. The molecular formula is C21H22ClNO2. The van der Waals surface area contributed by atoms with Gasteiger partial charge in [0.15, 0.2) is 0 Å². The number of halogens is 1. The zero-order valence-electron chi connectivity index (χ0n) is 14.3. The predicted molar refractivity (Wildman–Crippen MR) is 99.0 cm³/mol. The molecule has 2 aromatic rings. The van der Waals surface area contributed by atoms with Crippen molar-refractivity contribution >= 4 is 17.5 Å². The van der Waals surface area contributed by atoms with Crippen molar-refractivity contribution < 1.29 is 9.53 Å². The van der Waals surface area contributed by atoms with E-state index < -0.39 is 0 Å². The Balaban J connectivity index is 1.49. The molecule has 2 fully saturated rings. The molecule has 1 aliphatic carbocycles. The fraction of sp³-hybridized carbons (Fsp3) is 0.381. The van der Waals surface area contributed by atoms with E-state index in [9.17, 15) is 4.79 Å². The minimum absolute atomic E-state index is 0.0822. The molecule has 130 valence electrons. The molecule has 0 radical (unpaired) electrons. The van der Waals surface area contributed by atoms with Gasteiger partial charge in [-0.15, -0.1) is 0 Å². The lowest BCUT2D eigenvalue weighted by Gasteiger charge is -2.25. The second-order valence-corrected chi connectivity index (χ2v) is 7.34. The van der Waals surface area contributed by atoms with Gasteiger partial charge in [0, 0.05) is 17.5 Å². The third-order valence-electron chi connectivity index (χ3n) is 5.45. The van der Waals surface area contributed by atoms with Crippen molar-refractivity contribution in [1.29, 1.82) is 0 Å². The summed E-state index contributed by atoms with van der Waals surface area (Å²) < 4.78 is 5.24. The van der Waals surface area contributed by atoms with Crippen molar-refractivity contribution in [1.82, 2.24) is 4.90 Å². The van der Waals surface area contributed by atoms with Crippen LogP contribution in [0.3, 0.4) is 0 Å². The van der Waals surface area contributed by atoms with E-state index in [-0.39, 0.29) is 23.8 Å². The Morgan fingerprint density at radius 2 is 1.92 bits per heavy atom. The third kappa shape index (κ3) is 3.13. The van der Waals surface area contributed by atoms with Gasteiger partial charge in [-0.25, -0.2) is 0 Å². The molecule has 3 unspecified atom stereocenters. The van der Waals surface area contributed by atoms with Crippen LogP contribution in [0.4, 0.5) is 0 Å². The van der Waals surface area contributed by atoms with E-state index in [1.54, 1.807) is 7.11 Å². The Kier molecular flexibility index (Phi) is 4.43. The maximum absolute atomic E-state index is 13.1. The number of nitrogens with zero attached hydrogens (tertiary/aromatic N) is 1. The van der Waals surface area contributed by atoms with E-state index in [0.29, 0.717) is 0 Å². The number of methoxy groups -OCH3 is 1. The smallest absolute Gasteiger partial charge is 0.226 e. The zero-order valence-corrected chi connectivity index (χ0v) is 15.1. The molecule has 4 heteroatoms. The summed E-state index contributed by atoms with van der Waals surface area (Å²) in [6.07, 6.45) is 3.00. The second kappa shape index (κ2) is 6.72. The first-order valence-electron chi connectivity index (χ1n) is 8.88. The topological polar surface area (TPSA) is 29.5 Å². The summed E-state index contributed by atoms with van der Waals surface area (Å²) in [6, 6.07) is 16.2. The van der Waals surface area contributed by atoms with E-state index in [2.05, 4.69) is 17.0 Å². The molecule has 1 amide bonds. The number of rotatable bonds is 4. The summed E-state index contributed by atoms with van der Waals surface area (Å²) in [5.74, 6) is 1.49. The minimum Gasteiger partial charge on any atom is -0.497 e. The highest BCUT2D eigenvalue weighted by atomic mass is 35.5. The Labute approximate surface area is 153 Å². The number of hydrogen-bond donors (Lipinski definition) is 0. The van der Waals surface area contributed by atoms with Crippen molar-refractivity contribution in [3.8, 4) is 5.75 Å². The van der Waals surface area contributed by atoms with Crippen LogP contribution in [0.25, 0.3) is 0 Å². The maximum atomic E-state index is 13.1. The van der Waals surface area contributed by atoms with Crippen LogP contribution in [-0.2, 0) is 4.79 Å². The SMILES string of the molecule is COc1ccc(C2CCCN2C(=O)C2CC2c2ccccc2Cl)cc1. The van der Waals surface area contributed by atoms with Gasteiger partial charge < -0.3 is 9.64 Å². The van der Waals surface area contributed by atoms with E-state index in [1.165, 1.54) is 5.56 Å². The summed E-state index contributed by atoms with van der Waals surface area (Å²) in [5.41, 5.74) is 2.31. The fourth-order valence-corrected chi connectivity index (χ4v) is 4.28. The molecule has 1 heterocycles. The first kappa shape index (κ1) is 16.5. The summed E-state index contributed by atoms with van der Waals surface area (Å²) in [5, 5.41) is 0.774. The molecule has 0 bridgehead atoms. The van der Waals surface area contributed by atoms with Crippen LogP contribution < -0.4 is 4.74 Å². The first-order chi connectivity index (χ1) is 12.2. The Bertz CT molecular complexity index is 774. The molecule has 3 nitrogen and oxygen atoms in total. The normalized spacial score (nSPS) is 25.0. The minimum atomic E-state index is 0.0822. The Hall–Kier alpha value is -2.00. The van der Waals surface area contributed by atoms with E-state index in [0.717, 1.165) is 42.1 Å². The second-order valence-electron chi connectivity index (χ2n) is 6.93. The summed E-state index contributed by atoms with van der Waals surface area (Å²) in [4.78, 5) is 15.1. The van der Waals surface area contributed by atoms with Crippen LogP contribution in [0, 0.1) is 5.92 Å². The Morgan fingerprint density at radius 3 is 2.64 bits per heavy atom. The van der Waals surface area contributed by atoms with Crippen LogP contribution in [0.5, 0.6) is 5.75 Å². The molecule has 0 N–H and O–H groups in total. The molecule has 1 saturated heterocycles. The molecule has 1 aliphatic heterocycles. The van der Waals surface area contributed by atoms with Crippen LogP contribution in [0.15, 0.2) is 48.5 Å². The van der Waals surface area contributed by atoms with E-state index in [4.69, 9.17) is 16.3 Å². The highest BCUT2D eigenvalue weighted by Crippen LogP contribution is 2.51. The number of hydrogen-bond acceptors (Lipinski definition) is 2. The summed E-state index contributed by atoms with van der Waals surface area (Å²) >= 11 is 6.31. The molecule has 4 rings (SSSR count). The number of carbonyl (C=O) groups is 1. The highest BCUT2D eigenvalue weighted by molar-refractivity contribution is 6.31. The van der Waals surface area contributed by atoms with Crippen molar-refractivity contribution in [3.05, 3.63) is 64.7 Å². The number of ether oxygens (including phenoxy) is 1. The summed E-state index contributed by atoms with van der Waals surface area (Å²) in [7, 11) is 1.67. The molecule has 2 aromatic carbocycles. The van der Waals surface area contributed by atoms with E-state index in [1.807, 2.05) is 36.4 Å². The van der Waals surface area contributed by atoms with Crippen molar-refractivity contribution in [2.24, 2.45) is 5.92 Å². The van der Waals surface area contributed by atoms with Gasteiger partial charge >= 0.3 is 0 Å². The lowest BCUT2D eigenvalue weighted by molar-refractivity contribution is -0.133. The lowest BCUT2D eigenvalue weighted by Crippen LogP contribution is -2.32. The average Bonchev–Trinajstić information content (AvgIpc) is 3.28. The molecular weight excluding hydrogens is 334 g/mol. The molecule has 0 aromatic heterocycles. The van der Waals surface area contributed by atoms with Crippen LogP contribution in [0.2, 0.25) is 5.02 Å². The zero-order chi connectivity index (χ0) is 17.4. The van der Waals surface area contributed by atoms with Crippen LogP contribution in [0.1, 0.15) is 42.3 Å². The molecule has 2 aliphatic rings. The number of carbonyl (C=O) groups excluding carboxylic acids is 1.